The van der Waals surface area contributed by atoms with Crippen molar-refractivity contribution in [2.75, 3.05) is 0 Å². The van der Waals surface area contributed by atoms with Crippen LogP contribution in [0.4, 0.5) is 0 Å². The van der Waals surface area contributed by atoms with Crippen molar-refractivity contribution in [3.8, 4) is 5.75 Å². The minimum Gasteiger partial charge on any atom is -0.507 e. The summed E-state index contributed by atoms with van der Waals surface area (Å²) in [6, 6.07) is 2.09. The van der Waals surface area contributed by atoms with Gasteiger partial charge in [0, 0.05) is 16.1 Å². The van der Waals surface area contributed by atoms with Gasteiger partial charge < -0.3 is 10.8 Å². The molecule has 3 heteroatoms. The molecule has 2 nitrogen and oxygen atoms in total. The number of hydrogen-bond acceptors (Lipinski definition) is 2. The summed E-state index contributed by atoms with van der Waals surface area (Å²) in [6.45, 7) is 5.82. The highest BCUT2D eigenvalue weighted by atomic mass is 79.9. The molecule has 0 heterocycles. The average Bonchev–Trinajstić information content (AvgIpc) is 2.09. The number of rotatable bonds is 2. The maximum atomic E-state index is 9.92. The molecule has 0 spiro atoms. The Morgan fingerprint density at radius 3 is 2.57 bits per heavy atom. The van der Waals surface area contributed by atoms with Crippen molar-refractivity contribution in [3.63, 3.8) is 0 Å². The molecule has 1 aromatic rings. The van der Waals surface area contributed by atoms with Gasteiger partial charge in [0.05, 0.1) is 0 Å². The van der Waals surface area contributed by atoms with Crippen molar-refractivity contribution in [2.24, 2.45) is 5.73 Å². The first kappa shape index (κ1) is 11.5. The zero-order chi connectivity index (χ0) is 10.9. The van der Waals surface area contributed by atoms with Gasteiger partial charge in [-0.05, 0) is 44.4 Å². The minimum absolute atomic E-state index is 0.0696. The molecule has 0 aliphatic heterocycles. The molecule has 1 atom stereocenters. The van der Waals surface area contributed by atoms with Gasteiger partial charge in [-0.3, -0.25) is 0 Å². The van der Waals surface area contributed by atoms with Crippen LogP contribution in [0.15, 0.2) is 10.5 Å². The van der Waals surface area contributed by atoms with Gasteiger partial charge in [0.25, 0.3) is 0 Å². The number of phenolic OH excluding ortho intramolecular Hbond substituents is 1. The summed E-state index contributed by atoms with van der Waals surface area (Å²) in [7, 11) is 0. The van der Waals surface area contributed by atoms with E-state index in [0.29, 0.717) is 12.2 Å². The molecule has 0 aliphatic rings. The summed E-state index contributed by atoms with van der Waals surface area (Å²) in [5.74, 6) is 0.370. The highest BCUT2D eigenvalue weighted by Gasteiger charge is 2.12. The molecule has 0 saturated carbocycles. The molecule has 1 unspecified atom stereocenters. The fourth-order valence-electron chi connectivity index (χ4n) is 1.49. The van der Waals surface area contributed by atoms with Crippen molar-refractivity contribution in [1.82, 2.24) is 0 Å². The molecule has 0 aromatic heterocycles. The van der Waals surface area contributed by atoms with Gasteiger partial charge in [0.15, 0.2) is 0 Å². The summed E-state index contributed by atoms with van der Waals surface area (Å²) < 4.78 is 0.945. The van der Waals surface area contributed by atoms with Crippen LogP contribution in [-0.2, 0) is 6.42 Å². The van der Waals surface area contributed by atoms with Gasteiger partial charge in [-0.1, -0.05) is 15.9 Å². The Kier molecular flexibility index (Phi) is 3.56. The Hall–Kier alpha value is -0.540. The number of aromatic hydroxyl groups is 1. The smallest absolute Gasteiger partial charge is 0.123 e. The van der Waals surface area contributed by atoms with Crippen molar-refractivity contribution in [3.05, 3.63) is 27.2 Å². The van der Waals surface area contributed by atoms with Crippen LogP contribution < -0.4 is 5.73 Å². The van der Waals surface area contributed by atoms with Crippen molar-refractivity contribution in [1.29, 1.82) is 0 Å². The molecule has 3 N–H and O–H groups in total. The number of aryl methyl sites for hydroxylation is 1. The summed E-state index contributed by atoms with van der Waals surface area (Å²) in [5, 5.41) is 9.92. The van der Waals surface area contributed by atoms with E-state index >= 15 is 0 Å². The lowest BCUT2D eigenvalue weighted by atomic mass is 9.98. The molecule has 0 bridgehead atoms. The van der Waals surface area contributed by atoms with Crippen LogP contribution in [0.1, 0.15) is 23.6 Å². The Balaban J connectivity index is 3.22. The number of hydrogen-bond donors (Lipinski definition) is 2. The summed E-state index contributed by atoms with van der Waals surface area (Å²) >= 11 is 3.41. The third kappa shape index (κ3) is 2.28. The van der Waals surface area contributed by atoms with Gasteiger partial charge in [0.2, 0.25) is 0 Å². The average molecular weight is 258 g/mol. The standard InChI is InChI=1S/C11H16BrNO/c1-6-4-10(12)8(3)11(14)9(6)5-7(2)13/h4,7,14H,5,13H2,1-3H3. The fraction of sp³-hybridized carbons (Fsp3) is 0.455. The predicted molar refractivity (Wildman–Crippen MR) is 62.6 cm³/mol. The second-order valence-corrected chi connectivity index (χ2v) is 4.66. The van der Waals surface area contributed by atoms with Crippen LogP contribution in [0.25, 0.3) is 0 Å². The van der Waals surface area contributed by atoms with Crippen LogP contribution in [0.2, 0.25) is 0 Å². The van der Waals surface area contributed by atoms with Gasteiger partial charge in [-0.2, -0.15) is 0 Å². The fourth-order valence-corrected chi connectivity index (χ4v) is 2.02. The molecule has 0 fully saturated rings. The van der Waals surface area contributed by atoms with Crippen molar-refractivity contribution >= 4 is 15.9 Å². The van der Waals surface area contributed by atoms with E-state index in [2.05, 4.69) is 15.9 Å². The van der Waals surface area contributed by atoms with Crippen LogP contribution in [0.5, 0.6) is 5.75 Å². The Morgan fingerprint density at radius 2 is 2.07 bits per heavy atom. The lowest BCUT2D eigenvalue weighted by Crippen LogP contribution is -2.18. The Bertz CT molecular complexity index is 348. The van der Waals surface area contributed by atoms with Crippen LogP contribution in [0, 0.1) is 13.8 Å². The van der Waals surface area contributed by atoms with Gasteiger partial charge in [-0.25, -0.2) is 0 Å². The van der Waals surface area contributed by atoms with Crippen LogP contribution in [-0.4, -0.2) is 11.1 Å². The highest BCUT2D eigenvalue weighted by molar-refractivity contribution is 9.10. The lowest BCUT2D eigenvalue weighted by Gasteiger charge is -2.14. The SMILES string of the molecule is Cc1cc(Br)c(C)c(O)c1CC(C)N. The zero-order valence-corrected chi connectivity index (χ0v) is 10.4. The molecule has 1 aromatic carbocycles. The normalized spacial score (nSPS) is 12.9. The van der Waals surface area contributed by atoms with E-state index in [1.54, 1.807) is 0 Å². The summed E-state index contributed by atoms with van der Waals surface area (Å²) in [6.07, 6.45) is 0.714. The molecule has 78 valence electrons. The molecule has 0 aliphatic carbocycles. The minimum atomic E-state index is 0.0696. The first-order valence-corrected chi connectivity index (χ1v) is 5.46. The molecule has 0 radical (unpaired) electrons. The van der Waals surface area contributed by atoms with Gasteiger partial charge in [-0.15, -0.1) is 0 Å². The summed E-state index contributed by atoms with van der Waals surface area (Å²) in [5.41, 5.74) is 8.65. The first-order chi connectivity index (χ1) is 6.43. The maximum Gasteiger partial charge on any atom is 0.123 e. The Labute approximate surface area is 93.3 Å². The van der Waals surface area contributed by atoms with Gasteiger partial charge >= 0.3 is 0 Å². The largest absolute Gasteiger partial charge is 0.507 e. The molecule has 0 saturated heterocycles. The number of benzene rings is 1. The lowest BCUT2D eigenvalue weighted by molar-refractivity contribution is 0.460. The number of halogens is 1. The number of phenols is 1. The quantitative estimate of drug-likeness (QED) is 0.856. The zero-order valence-electron chi connectivity index (χ0n) is 8.76. The van der Waals surface area contributed by atoms with Gasteiger partial charge in [0.1, 0.15) is 5.75 Å². The van der Waals surface area contributed by atoms with E-state index in [1.165, 1.54) is 0 Å². The van der Waals surface area contributed by atoms with E-state index in [4.69, 9.17) is 5.73 Å². The van der Waals surface area contributed by atoms with E-state index in [0.717, 1.165) is 21.2 Å². The van der Waals surface area contributed by atoms with Crippen molar-refractivity contribution < 1.29 is 5.11 Å². The van der Waals surface area contributed by atoms with E-state index in [-0.39, 0.29) is 6.04 Å². The molecular weight excluding hydrogens is 242 g/mol. The highest BCUT2D eigenvalue weighted by Crippen LogP contribution is 2.32. The molecular formula is C11H16BrNO. The first-order valence-electron chi connectivity index (χ1n) is 4.66. The Morgan fingerprint density at radius 1 is 1.50 bits per heavy atom. The van der Waals surface area contributed by atoms with Crippen molar-refractivity contribution in [2.45, 2.75) is 33.2 Å². The monoisotopic (exact) mass is 257 g/mol. The molecule has 1 rings (SSSR count). The third-order valence-electron chi connectivity index (χ3n) is 2.34. The molecule has 14 heavy (non-hydrogen) atoms. The van der Waals surface area contributed by atoms with E-state index < -0.39 is 0 Å². The second kappa shape index (κ2) is 4.32. The summed E-state index contributed by atoms with van der Waals surface area (Å²) in [4.78, 5) is 0. The molecule has 0 amide bonds. The van der Waals surface area contributed by atoms with Crippen LogP contribution in [0.3, 0.4) is 0 Å². The number of nitrogens with two attached hydrogens (primary N) is 1. The topological polar surface area (TPSA) is 46.2 Å². The third-order valence-corrected chi connectivity index (χ3v) is 3.17. The second-order valence-electron chi connectivity index (χ2n) is 3.81. The van der Waals surface area contributed by atoms with E-state index in [1.807, 2.05) is 26.8 Å². The van der Waals surface area contributed by atoms with E-state index in [9.17, 15) is 5.11 Å². The van der Waals surface area contributed by atoms with Crippen LogP contribution >= 0.6 is 15.9 Å². The predicted octanol–water partition coefficient (Wildman–Crippen LogP) is 2.66. The maximum absolute atomic E-state index is 9.92.